The molecule has 24 heavy (non-hydrogen) atoms. The number of benzene rings is 1. The molecule has 6 nitrogen and oxygen atoms in total. The van der Waals surface area contributed by atoms with Crippen molar-refractivity contribution in [2.45, 2.75) is 0 Å². The summed E-state index contributed by atoms with van der Waals surface area (Å²) in [5.41, 5.74) is 0.763. The molecule has 0 atom stereocenters. The van der Waals surface area contributed by atoms with E-state index < -0.39 is 11.7 Å². The van der Waals surface area contributed by atoms with Gasteiger partial charge < -0.3 is 19.7 Å². The van der Waals surface area contributed by atoms with Crippen LogP contribution < -0.4 is 15.0 Å². The number of morpholine rings is 1. The molecule has 1 fully saturated rings. The number of hydrogen-bond acceptors (Lipinski definition) is 5. The standard InChI is InChI=1S/C17H18FN3O3/c1-23-15-4-2-12(10-14(15)18)17(22)20-13-3-5-16(19-11-13)21-6-8-24-9-7-21/h2-5,10-11H,6-9H2,1H3,(H,20,22). The van der Waals surface area contributed by atoms with E-state index in [-0.39, 0.29) is 11.3 Å². The summed E-state index contributed by atoms with van der Waals surface area (Å²) in [5, 5.41) is 2.70. The lowest BCUT2D eigenvalue weighted by Gasteiger charge is -2.27. The Kier molecular flexibility index (Phi) is 4.90. The SMILES string of the molecule is COc1ccc(C(=O)Nc2ccc(N3CCOCC3)nc2)cc1F. The lowest BCUT2D eigenvalue weighted by atomic mass is 10.2. The van der Waals surface area contributed by atoms with E-state index in [1.54, 1.807) is 12.3 Å². The van der Waals surface area contributed by atoms with Crippen LogP contribution in [0.3, 0.4) is 0 Å². The molecule has 1 saturated heterocycles. The number of anilines is 2. The predicted molar refractivity (Wildman–Crippen MR) is 88.2 cm³/mol. The maximum Gasteiger partial charge on any atom is 0.255 e. The van der Waals surface area contributed by atoms with Gasteiger partial charge in [0.05, 0.1) is 32.2 Å². The maximum absolute atomic E-state index is 13.7. The second-order valence-electron chi connectivity index (χ2n) is 5.31. The third kappa shape index (κ3) is 3.62. The fourth-order valence-corrected chi connectivity index (χ4v) is 2.45. The van der Waals surface area contributed by atoms with Gasteiger partial charge in [-0.05, 0) is 30.3 Å². The van der Waals surface area contributed by atoms with Gasteiger partial charge in [-0.15, -0.1) is 0 Å². The minimum atomic E-state index is -0.578. The quantitative estimate of drug-likeness (QED) is 0.931. The number of aromatic nitrogens is 1. The van der Waals surface area contributed by atoms with Crippen LogP contribution >= 0.6 is 0 Å². The van der Waals surface area contributed by atoms with E-state index in [0.717, 1.165) is 25.0 Å². The van der Waals surface area contributed by atoms with Crippen LogP contribution in [0.5, 0.6) is 5.75 Å². The molecule has 7 heteroatoms. The molecule has 0 radical (unpaired) electrons. The lowest BCUT2D eigenvalue weighted by molar-refractivity contribution is 0.102. The molecule has 1 aromatic heterocycles. The van der Waals surface area contributed by atoms with E-state index >= 15 is 0 Å². The first kappa shape index (κ1) is 16.2. The molecule has 2 aromatic rings. The lowest BCUT2D eigenvalue weighted by Crippen LogP contribution is -2.36. The van der Waals surface area contributed by atoms with E-state index in [0.29, 0.717) is 18.9 Å². The second-order valence-corrected chi connectivity index (χ2v) is 5.31. The van der Waals surface area contributed by atoms with Gasteiger partial charge in [0.2, 0.25) is 0 Å². The minimum Gasteiger partial charge on any atom is -0.494 e. The Labute approximate surface area is 139 Å². The first-order valence-electron chi connectivity index (χ1n) is 7.61. The summed E-state index contributed by atoms with van der Waals surface area (Å²) in [6, 6.07) is 7.69. The molecule has 1 N–H and O–H groups in total. The topological polar surface area (TPSA) is 63.7 Å². The Hall–Kier alpha value is -2.67. The van der Waals surface area contributed by atoms with Crippen molar-refractivity contribution in [1.29, 1.82) is 0 Å². The largest absolute Gasteiger partial charge is 0.494 e. The summed E-state index contributed by atoms with van der Waals surface area (Å²) in [4.78, 5) is 18.7. The number of pyridine rings is 1. The molecular formula is C17H18FN3O3. The molecule has 1 aliphatic heterocycles. The van der Waals surface area contributed by atoms with Gasteiger partial charge in [0.25, 0.3) is 5.91 Å². The first-order valence-corrected chi connectivity index (χ1v) is 7.61. The second kappa shape index (κ2) is 7.27. The molecule has 0 aliphatic carbocycles. The summed E-state index contributed by atoms with van der Waals surface area (Å²) < 4.78 is 23.8. The Bertz CT molecular complexity index is 716. The normalized spacial score (nSPS) is 14.3. The molecule has 1 amide bonds. The number of methoxy groups -OCH3 is 1. The monoisotopic (exact) mass is 331 g/mol. The smallest absolute Gasteiger partial charge is 0.255 e. The van der Waals surface area contributed by atoms with Crippen LogP contribution in [0.15, 0.2) is 36.5 Å². The van der Waals surface area contributed by atoms with E-state index in [9.17, 15) is 9.18 Å². The van der Waals surface area contributed by atoms with Crippen molar-refractivity contribution >= 4 is 17.4 Å². The Morgan fingerprint density at radius 1 is 1.29 bits per heavy atom. The zero-order valence-corrected chi connectivity index (χ0v) is 13.3. The predicted octanol–water partition coefficient (Wildman–Crippen LogP) is 2.32. The van der Waals surface area contributed by atoms with Crippen molar-refractivity contribution in [3.63, 3.8) is 0 Å². The summed E-state index contributed by atoms with van der Waals surface area (Å²) in [7, 11) is 1.37. The molecule has 1 aliphatic rings. The number of nitrogens with one attached hydrogen (secondary N) is 1. The third-order valence-electron chi connectivity index (χ3n) is 3.75. The number of halogens is 1. The Morgan fingerprint density at radius 3 is 2.71 bits per heavy atom. The summed E-state index contributed by atoms with van der Waals surface area (Å²) in [5.74, 6) is -0.0433. The van der Waals surface area contributed by atoms with Gasteiger partial charge in [0.1, 0.15) is 5.82 Å². The van der Waals surface area contributed by atoms with Crippen molar-refractivity contribution in [1.82, 2.24) is 4.98 Å². The summed E-state index contributed by atoms with van der Waals surface area (Å²) in [6.45, 7) is 2.96. The fourth-order valence-electron chi connectivity index (χ4n) is 2.45. The van der Waals surface area contributed by atoms with Gasteiger partial charge in [-0.25, -0.2) is 9.37 Å². The molecule has 126 valence electrons. The number of nitrogens with zero attached hydrogens (tertiary/aromatic N) is 2. The highest BCUT2D eigenvalue weighted by Crippen LogP contribution is 2.19. The highest BCUT2D eigenvalue weighted by Gasteiger charge is 2.13. The van der Waals surface area contributed by atoms with Crippen LogP contribution in [0.4, 0.5) is 15.9 Å². The van der Waals surface area contributed by atoms with Gasteiger partial charge >= 0.3 is 0 Å². The van der Waals surface area contributed by atoms with Crippen LogP contribution in [-0.4, -0.2) is 44.3 Å². The van der Waals surface area contributed by atoms with E-state index in [1.165, 1.54) is 19.2 Å². The summed E-state index contributed by atoms with van der Waals surface area (Å²) in [6.07, 6.45) is 1.59. The van der Waals surface area contributed by atoms with Gasteiger partial charge in [0.15, 0.2) is 11.6 Å². The Balaban J connectivity index is 1.67. The molecular weight excluding hydrogens is 313 g/mol. The number of carbonyl (C=O) groups excluding carboxylic acids is 1. The van der Waals surface area contributed by atoms with E-state index in [1.807, 2.05) is 6.07 Å². The van der Waals surface area contributed by atoms with E-state index in [4.69, 9.17) is 9.47 Å². The fraction of sp³-hybridized carbons (Fsp3) is 0.294. The molecule has 2 heterocycles. The third-order valence-corrected chi connectivity index (χ3v) is 3.75. The zero-order chi connectivity index (χ0) is 16.9. The van der Waals surface area contributed by atoms with Gasteiger partial charge in [-0.2, -0.15) is 0 Å². The Morgan fingerprint density at radius 2 is 2.08 bits per heavy atom. The number of rotatable bonds is 4. The van der Waals surface area contributed by atoms with Crippen molar-refractivity contribution in [3.05, 3.63) is 47.9 Å². The summed E-state index contributed by atoms with van der Waals surface area (Å²) >= 11 is 0. The molecule has 0 unspecified atom stereocenters. The molecule has 0 saturated carbocycles. The number of hydrogen-bond donors (Lipinski definition) is 1. The van der Waals surface area contributed by atoms with E-state index in [2.05, 4.69) is 15.2 Å². The zero-order valence-electron chi connectivity index (χ0n) is 13.3. The highest BCUT2D eigenvalue weighted by molar-refractivity contribution is 6.04. The minimum absolute atomic E-state index is 0.100. The molecule has 0 bridgehead atoms. The molecule has 0 spiro atoms. The first-order chi connectivity index (χ1) is 11.7. The van der Waals surface area contributed by atoms with Crippen molar-refractivity contribution in [2.75, 3.05) is 43.6 Å². The van der Waals surface area contributed by atoms with Crippen LogP contribution in [0, 0.1) is 5.82 Å². The van der Waals surface area contributed by atoms with Crippen molar-refractivity contribution in [3.8, 4) is 5.75 Å². The number of carbonyl (C=O) groups is 1. The van der Waals surface area contributed by atoms with Gasteiger partial charge in [-0.3, -0.25) is 4.79 Å². The average molecular weight is 331 g/mol. The average Bonchev–Trinajstić information content (AvgIpc) is 2.63. The van der Waals surface area contributed by atoms with Crippen molar-refractivity contribution < 1.29 is 18.7 Å². The number of ether oxygens (including phenoxy) is 2. The van der Waals surface area contributed by atoms with Crippen LogP contribution in [0.1, 0.15) is 10.4 Å². The van der Waals surface area contributed by atoms with Gasteiger partial charge in [0, 0.05) is 18.7 Å². The van der Waals surface area contributed by atoms with Crippen LogP contribution in [-0.2, 0) is 4.74 Å². The maximum atomic E-state index is 13.7. The van der Waals surface area contributed by atoms with Crippen molar-refractivity contribution in [2.24, 2.45) is 0 Å². The molecule has 3 rings (SSSR count). The van der Waals surface area contributed by atoms with Crippen LogP contribution in [0.2, 0.25) is 0 Å². The highest BCUT2D eigenvalue weighted by atomic mass is 19.1. The van der Waals surface area contributed by atoms with Crippen LogP contribution in [0.25, 0.3) is 0 Å². The molecule has 1 aromatic carbocycles. The van der Waals surface area contributed by atoms with Gasteiger partial charge in [-0.1, -0.05) is 0 Å². The number of amides is 1.